The average Bonchev–Trinajstić information content (AvgIpc) is 2.39. The summed E-state index contributed by atoms with van der Waals surface area (Å²) in [6, 6.07) is 8.16. The van der Waals surface area contributed by atoms with Crippen LogP contribution in [0, 0.1) is 5.92 Å². The van der Waals surface area contributed by atoms with Crippen molar-refractivity contribution in [3.8, 4) is 0 Å². The molecular formula is C12H14N2. The zero-order valence-corrected chi connectivity index (χ0v) is 8.49. The van der Waals surface area contributed by atoms with Gasteiger partial charge in [0.25, 0.3) is 0 Å². The zero-order chi connectivity index (χ0) is 9.97. The molecule has 0 unspecified atom stereocenters. The standard InChI is InChI=1S/C12H14N2/c1-9(2)11-8-7-10-5-3-4-6-12(10)14-13-11/h3-9,14H,1-2H3. The molecule has 72 valence electrons. The van der Waals surface area contributed by atoms with Crippen molar-refractivity contribution in [3.05, 3.63) is 35.9 Å². The Kier molecular flexibility index (Phi) is 2.35. The van der Waals surface area contributed by atoms with Gasteiger partial charge in [0.15, 0.2) is 0 Å². The maximum atomic E-state index is 4.34. The number of hydrogen-bond donors (Lipinski definition) is 1. The first kappa shape index (κ1) is 9.00. The molecule has 0 aromatic heterocycles. The lowest BCUT2D eigenvalue weighted by Gasteiger charge is -2.04. The van der Waals surface area contributed by atoms with E-state index in [9.17, 15) is 0 Å². The fraction of sp³-hybridized carbons (Fsp3) is 0.250. The van der Waals surface area contributed by atoms with E-state index in [-0.39, 0.29) is 0 Å². The molecule has 14 heavy (non-hydrogen) atoms. The molecule has 0 saturated heterocycles. The molecule has 0 atom stereocenters. The van der Waals surface area contributed by atoms with Crippen molar-refractivity contribution in [3.63, 3.8) is 0 Å². The smallest absolute Gasteiger partial charge is 0.0634 e. The van der Waals surface area contributed by atoms with Crippen molar-refractivity contribution in [2.75, 3.05) is 5.43 Å². The van der Waals surface area contributed by atoms with Crippen LogP contribution in [0.1, 0.15) is 19.4 Å². The van der Waals surface area contributed by atoms with Gasteiger partial charge in [-0.2, -0.15) is 5.10 Å². The molecule has 1 aromatic carbocycles. The molecule has 2 rings (SSSR count). The third-order valence-electron chi connectivity index (χ3n) is 2.29. The van der Waals surface area contributed by atoms with Gasteiger partial charge >= 0.3 is 0 Å². The van der Waals surface area contributed by atoms with Crippen LogP contribution in [-0.2, 0) is 0 Å². The number of nitrogens with zero attached hydrogens (tertiary/aromatic N) is 1. The summed E-state index contributed by atoms with van der Waals surface area (Å²) in [5, 5.41) is 4.34. The highest BCUT2D eigenvalue weighted by Gasteiger charge is 2.06. The minimum Gasteiger partial charge on any atom is -0.278 e. The molecule has 1 N–H and O–H groups in total. The van der Waals surface area contributed by atoms with Gasteiger partial charge in [-0.3, -0.25) is 5.43 Å². The third-order valence-corrected chi connectivity index (χ3v) is 2.29. The number of hydrazone groups is 1. The highest BCUT2D eigenvalue weighted by Crippen LogP contribution is 2.19. The second-order valence-corrected chi connectivity index (χ2v) is 3.72. The second-order valence-electron chi connectivity index (χ2n) is 3.72. The fourth-order valence-corrected chi connectivity index (χ4v) is 1.40. The number of benzene rings is 1. The number of para-hydroxylation sites is 1. The van der Waals surface area contributed by atoms with E-state index in [2.05, 4.69) is 42.6 Å². The molecule has 2 nitrogen and oxygen atoms in total. The maximum Gasteiger partial charge on any atom is 0.0634 e. The Balaban J connectivity index is 2.36. The average molecular weight is 186 g/mol. The Morgan fingerprint density at radius 3 is 2.71 bits per heavy atom. The number of hydrogen-bond acceptors (Lipinski definition) is 2. The van der Waals surface area contributed by atoms with Crippen molar-refractivity contribution in [2.45, 2.75) is 13.8 Å². The number of nitrogens with one attached hydrogen (secondary N) is 1. The van der Waals surface area contributed by atoms with Gasteiger partial charge in [0.1, 0.15) is 0 Å². The van der Waals surface area contributed by atoms with E-state index in [0.717, 1.165) is 11.4 Å². The molecular weight excluding hydrogens is 172 g/mol. The Morgan fingerprint density at radius 2 is 1.93 bits per heavy atom. The predicted octanol–water partition coefficient (Wildman–Crippen LogP) is 3.14. The monoisotopic (exact) mass is 186 g/mol. The van der Waals surface area contributed by atoms with Crippen LogP contribution in [-0.4, -0.2) is 5.71 Å². The van der Waals surface area contributed by atoms with Crippen LogP contribution < -0.4 is 5.43 Å². The van der Waals surface area contributed by atoms with E-state index in [4.69, 9.17) is 0 Å². The van der Waals surface area contributed by atoms with Crippen molar-refractivity contribution < 1.29 is 0 Å². The SMILES string of the molecule is CC(C)C1=NNc2ccccc2C=C1. The third kappa shape index (κ3) is 1.69. The molecule has 0 spiro atoms. The van der Waals surface area contributed by atoms with Crippen LogP contribution in [0.25, 0.3) is 6.08 Å². The largest absolute Gasteiger partial charge is 0.278 e. The summed E-state index contributed by atoms with van der Waals surface area (Å²) in [6.07, 6.45) is 4.18. The molecule has 0 amide bonds. The van der Waals surface area contributed by atoms with Gasteiger partial charge in [-0.1, -0.05) is 38.1 Å². The van der Waals surface area contributed by atoms with E-state index >= 15 is 0 Å². The first-order valence-electron chi connectivity index (χ1n) is 4.88. The first-order chi connectivity index (χ1) is 6.77. The quantitative estimate of drug-likeness (QED) is 0.716. The molecule has 0 aliphatic carbocycles. The fourth-order valence-electron chi connectivity index (χ4n) is 1.40. The first-order valence-corrected chi connectivity index (χ1v) is 4.88. The molecule has 0 radical (unpaired) electrons. The molecule has 0 bridgehead atoms. The number of fused-ring (bicyclic) bond motifs is 1. The molecule has 2 heteroatoms. The molecule has 0 saturated carbocycles. The second kappa shape index (κ2) is 3.66. The van der Waals surface area contributed by atoms with Gasteiger partial charge in [-0.15, -0.1) is 0 Å². The van der Waals surface area contributed by atoms with Crippen molar-refractivity contribution >= 4 is 17.5 Å². The summed E-state index contributed by atoms with van der Waals surface area (Å²) in [5.41, 5.74) is 6.42. The van der Waals surface area contributed by atoms with Crippen molar-refractivity contribution in [2.24, 2.45) is 11.0 Å². The summed E-state index contributed by atoms with van der Waals surface area (Å²) in [7, 11) is 0. The minimum atomic E-state index is 0.452. The Hall–Kier alpha value is -1.57. The van der Waals surface area contributed by atoms with Crippen LogP contribution in [0.4, 0.5) is 5.69 Å². The summed E-state index contributed by atoms with van der Waals surface area (Å²) < 4.78 is 0. The Morgan fingerprint density at radius 1 is 1.14 bits per heavy atom. The van der Waals surface area contributed by atoms with Gasteiger partial charge in [0.2, 0.25) is 0 Å². The summed E-state index contributed by atoms with van der Waals surface area (Å²) >= 11 is 0. The van der Waals surface area contributed by atoms with Gasteiger partial charge in [0.05, 0.1) is 11.4 Å². The van der Waals surface area contributed by atoms with Crippen LogP contribution in [0.2, 0.25) is 0 Å². The molecule has 1 aliphatic heterocycles. The summed E-state index contributed by atoms with van der Waals surface area (Å²) in [5.74, 6) is 0.452. The van der Waals surface area contributed by atoms with E-state index in [1.165, 1.54) is 5.56 Å². The van der Waals surface area contributed by atoms with Gasteiger partial charge in [-0.25, -0.2) is 0 Å². The number of anilines is 1. The molecule has 1 aromatic rings. The van der Waals surface area contributed by atoms with Crippen molar-refractivity contribution in [1.82, 2.24) is 0 Å². The van der Waals surface area contributed by atoms with E-state index in [0.29, 0.717) is 5.92 Å². The topological polar surface area (TPSA) is 24.4 Å². The lowest BCUT2D eigenvalue weighted by atomic mass is 10.1. The Bertz CT molecular complexity index is 389. The van der Waals surface area contributed by atoms with Gasteiger partial charge in [0, 0.05) is 0 Å². The highest BCUT2D eigenvalue weighted by atomic mass is 15.3. The Labute approximate surface area is 84.3 Å². The van der Waals surface area contributed by atoms with E-state index < -0.39 is 0 Å². The minimum absolute atomic E-state index is 0.452. The normalized spacial score (nSPS) is 14.4. The van der Waals surface area contributed by atoms with E-state index in [1.54, 1.807) is 0 Å². The van der Waals surface area contributed by atoms with Crippen LogP contribution in [0.3, 0.4) is 0 Å². The maximum absolute atomic E-state index is 4.34. The molecule has 1 aliphatic rings. The summed E-state index contributed by atoms with van der Waals surface area (Å²) in [4.78, 5) is 0. The van der Waals surface area contributed by atoms with Gasteiger partial charge < -0.3 is 0 Å². The van der Waals surface area contributed by atoms with Crippen LogP contribution >= 0.6 is 0 Å². The molecule has 1 heterocycles. The lowest BCUT2D eigenvalue weighted by molar-refractivity contribution is 0.886. The lowest BCUT2D eigenvalue weighted by Crippen LogP contribution is -2.05. The van der Waals surface area contributed by atoms with Crippen molar-refractivity contribution in [1.29, 1.82) is 0 Å². The van der Waals surface area contributed by atoms with E-state index in [1.807, 2.05) is 18.2 Å². The molecule has 0 fully saturated rings. The van der Waals surface area contributed by atoms with Crippen LogP contribution in [0.5, 0.6) is 0 Å². The zero-order valence-electron chi connectivity index (χ0n) is 8.49. The summed E-state index contributed by atoms with van der Waals surface area (Å²) in [6.45, 7) is 4.28. The predicted molar refractivity (Wildman–Crippen MR) is 61.4 cm³/mol. The van der Waals surface area contributed by atoms with Gasteiger partial charge in [-0.05, 0) is 23.6 Å². The van der Waals surface area contributed by atoms with Crippen LogP contribution in [0.15, 0.2) is 35.4 Å². The highest BCUT2D eigenvalue weighted by molar-refractivity contribution is 6.01. The number of rotatable bonds is 1. The number of allylic oxidation sites excluding steroid dienone is 1.